The van der Waals surface area contributed by atoms with Crippen LogP contribution in [-0.4, -0.2) is 28.7 Å². The molecule has 0 aliphatic heterocycles. The highest BCUT2D eigenvalue weighted by atomic mass is 16.4. The van der Waals surface area contributed by atoms with Crippen molar-refractivity contribution in [1.82, 2.24) is 10.6 Å². The maximum absolute atomic E-state index is 11.8. The quantitative estimate of drug-likeness (QED) is 0.657. The van der Waals surface area contributed by atoms with E-state index in [2.05, 4.69) is 17.2 Å². The van der Waals surface area contributed by atoms with Crippen molar-refractivity contribution in [3.8, 4) is 0 Å². The molecular weight excluding hydrogens is 232 g/mol. The average molecular weight is 254 g/mol. The number of urea groups is 1. The Morgan fingerprint density at radius 2 is 2.00 bits per heavy atom. The summed E-state index contributed by atoms with van der Waals surface area (Å²) in [6.45, 7) is 5.41. The number of carboxylic acids is 1. The van der Waals surface area contributed by atoms with Crippen molar-refractivity contribution in [3.63, 3.8) is 0 Å². The highest BCUT2D eigenvalue weighted by molar-refractivity contribution is 5.77. The molecule has 3 N–H and O–H groups in total. The maximum Gasteiger partial charge on any atom is 0.315 e. The molecule has 0 saturated heterocycles. The molecule has 1 rings (SSSR count). The second kappa shape index (κ2) is 6.42. The topological polar surface area (TPSA) is 78.4 Å². The van der Waals surface area contributed by atoms with Crippen molar-refractivity contribution in [1.29, 1.82) is 0 Å². The summed E-state index contributed by atoms with van der Waals surface area (Å²) >= 11 is 0. The first-order chi connectivity index (χ1) is 8.47. The fourth-order valence-electron chi connectivity index (χ4n) is 2.41. The molecule has 0 aromatic heterocycles. The van der Waals surface area contributed by atoms with E-state index in [1.165, 1.54) is 0 Å². The first kappa shape index (κ1) is 14.5. The van der Waals surface area contributed by atoms with E-state index in [1.54, 1.807) is 6.08 Å². The molecule has 5 nitrogen and oxygen atoms in total. The normalized spacial score (nSPS) is 19.6. The Kier molecular flexibility index (Phi) is 5.19. The molecule has 1 atom stereocenters. The van der Waals surface area contributed by atoms with Crippen molar-refractivity contribution in [2.24, 2.45) is 0 Å². The SMILES string of the molecule is C=CC(C)NC(=O)NC1(CC(=O)O)CCCCC1. The zero-order valence-corrected chi connectivity index (χ0v) is 10.9. The fraction of sp³-hybridized carbons (Fsp3) is 0.692. The Hall–Kier alpha value is -1.52. The molecule has 0 spiro atoms. The van der Waals surface area contributed by atoms with Gasteiger partial charge < -0.3 is 15.7 Å². The predicted octanol–water partition coefficient (Wildman–Crippen LogP) is 2.04. The van der Waals surface area contributed by atoms with E-state index < -0.39 is 11.5 Å². The van der Waals surface area contributed by atoms with E-state index in [4.69, 9.17) is 5.11 Å². The van der Waals surface area contributed by atoms with E-state index in [9.17, 15) is 9.59 Å². The van der Waals surface area contributed by atoms with Gasteiger partial charge in [0.25, 0.3) is 0 Å². The summed E-state index contributed by atoms with van der Waals surface area (Å²) in [4.78, 5) is 22.7. The van der Waals surface area contributed by atoms with Gasteiger partial charge in [0.15, 0.2) is 0 Å². The van der Waals surface area contributed by atoms with Crippen LogP contribution in [0.5, 0.6) is 0 Å². The zero-order chi connectivity index (χ0) is 13.6. The lowest BCUT2D eigenvalue weighted by atomic mass is 9.79. The van der Waals surface area contributed by atoms with Crippen molar-refractivity contribution in [2.45, 2.75) is 57.0 Å². The fourth-order valence-corrected chi connectivity index (χ4v) is 2.41. The molecule has 0 aromatic carbocycles. The number of hydrogen-bond acceptors (Lipinski definition) is 2. The molecule has 1 unspecified atom stereocenters. The van der Waals surface area contributed by atoms with Crippen LogP contribution in [-0.2, 0) is 4.79 Å². The lowest BCUT2D eigenvalue weighted by Gasteiger charge is -2.37. The highest BCUT2D eigenvalue weighted by Gasteiger charge is 2.35. The highest BCUT2D eigenvalue weighted by Crippen LogP contribution is 2.31. The van der Waals surface area contributed by atoms with Crippen LogP contribution in [0.2, 0.25) is 0 Å². The average Bonchev–Trinajstić information content (AvgIpc) is 2.28. The van der Waals surface area contributed by atoms with Gasteiger partial charge in [0.1, 0.15) is 0 Å². The van der Waals surface area contributed by atoms with Gasteiger partial charge in [-0.2, -0.15) is 0 Å². The summed E-state index contributed by atoms with van der Waals surface area (Å²) in [7, 11) is 0. The number of nitrogens with one attached hydrogen (secondary N) is 2. The largest absolute Gasteiger partial charge is 0.481 e. The minimum atomic E-state index is -0.867. The lowest BCUT2D eigenvalue weighted by molar-refractivity contribution is -0.139. The molecule has 1 aliphatic carbocycles. The molecule has 1 saturated carbocycles. The smallest absolute Gasteiger partial charge is 0.315 e. The van der Waals surface area contributed by atoms with E-state index in [-0.39, 0.29) is 18.5 Å². The van der Waals surface area contributed by atoms with Gasteiger partial charge in [-0.25, -0.2) is 4.79 Å². The van der Waals surface area contributed by atoms with Gasteiger partial charge in [-0.1, -0.05) is 25.3 Å². The molecule has 0 heterocycles. The third-order valence-corrected chi connectivity index (χ3v) is 3.39. The van der Waals surface area contributed by atoms with Crippen LogP contribution < -0.4 is 10.6 Å². The summed E-state index contributed by atoms with van der Waals surface area (Å²) in [6.07, 6.45) is 6.11. The van der Waals surface area contributed by atoms with Gasteiger partial charge in [-0.05, 0) is 19.8 Å². The summed E-state index contributed by atoms with van der Waals surface area (Å²) < 4.78 is 0. The number of hydrogen-bond donors (Lipinski definition) is 3. The Labute approximate surface area is 108 Å². The Morgan fingerprint density at radius 1 is 1.39 bits per heavy atom. The summed E-state index contributed by atoms with van der Waals surface area (Å²) in [6, 6.07) is -0.444. The number of carboxylic acid groups (broad SMARTS) is 1. The second-order valence-corrected chi connectivity index (χ2v) is 5.03. The van der Waals surface area contributed by atoms with Crippen LogP contribution in [0, 0.1) is 0 Å². The number of carbonyl (C=O) groups excluding carboxylic acids is 1. The summed E-state index contributed by atoms with van der Waals surface area (Å²) in [5, 5.41) is 14.5. The monoisotopic (exact) mass is 254 g/mol. The van der Waals surface area contributed by atoms with Gasteiger partial charge in [0.05, 0.1) is 12.0 Å². The van der Waals surface area contributed by atoms with Crippen molar-refractivity contribution >= 4 is 12.0 Å². The second-order valence-electron chi connectivity index (χ2n) is 5.03. The van der Waals surface area contributed by atoms with Crippen molar-refractivity contribution < 1.29 is 14.7 Å². The van der Waals surface area contributed by atoms with Gasteiger partial charge in [-0.15, -0.1) is 6.58 Å². The molecule has 18 heavy (non-hydrogen) atoms. The molecule has 0 aromatic rings. The van der Waals surface area contributed by atoms with Gasteiger partial charge in [0, 0.05) is 6.04 Å². The van der Waals surface area contributed by atoms with Crippen LogP contribution in [0.25, 0.3) is 0 Å². The molecule has 102 valence electrons. The Bertz CT molecular complexity index is 322. The minimum absolute atomic E-state index is 0.0110. The van der Waals surface area contributed by atoms with Crippen LogP contribution >= 0.6 is 0 Å². The van der Waals surface area contributed by atoms with E-state index in [0.717, 1.165) is 32.1 Å². The molecule has 1 fully saturated rings. The third-order valence-electron chi connectivity index (χ3n) is 3.39. The first-order valence-electron chi connectivity index (χ1n) is 6.40. The first-order valence-corrected chi connectivity index (χ1v) is 6.40. The molecule has 1 aliphatic rings. The van der Waals surface area contributed by atoms with Gasteiger partial charge in [-0.3, -0.25) is 4.79 Å². The summed E-state index contributed by atoms with van der Waals surface area (Å²) in [5.41, 5.74) is -0.588. The van der Waals surface area contributed by atoms with E-state index in [1.807, 2.05) is 6.92 Å². The molecular formula is C13H22N2O3. The number of amides is 2. The molecule has 0 bridgehead atoms. The zero-order valence-electron chi connectivity index (χ0n) is 10.9. The van der Waals surface area contributed by atoms with Gasteiger partial charge >= 0.3 is 12.0 Å². The molecule has 5 heteroatoms. The lowest BCUT2D eigenvalue weighted by Crippen LogP contribution is -2.55. The van der Waals surface area contributed by atoms with E-state index >= 15 is 0 Å². The summed E-state index contributed by atoms with van der Waals surface area (Å²) in [5.74, 6) is -0.867. The maximum atomic E-state index is 11.8. The van der Waals surface area contributed by atoms with Crippen molar-refractivity contribution in [2.75, 3.05) is 0 Å². The molecule has 0 radical (unpaired) electrons. The van der Waals surface area contributed by atoms with Crippen molar-refractivity contribution in [3.05, 3.63) is 12.7 Å². The minimum Gasteiger partial charge on any atom is -0.481 e. The Morgan fingerprint density at radius 3 is 2.50 bits per heavy atom. The number of aliphatic carboxylic acids is 1. The van der Waals surface area contributed by atoms with Crippen LogP contribution in [0.3, 0.4) is 0 Å². The molecule has 2 amide bonds. The number of carbonyl (C=O) groups is 2. The number of rotatable bonds is 5. The van der Waals surface area contributed by atoms with Crippen LogP contribution in [0.4, 0.5) is 4.79 Å². The van der Waals surface area contributed by atoms with Crippen LogP contribution in [0.15, 0.2) is 12.7 Å². The predicted molar refractivity (Wildman–Crippen MR) is 69.4 cm³/mol. The van der Waals surface area contributed by atoms with Crippen LogP contribution in [0.1, 0.15) is 45.4 Å². The third kappa shape index (κ3) is 4.39. The standard InChI is InChI=1S/C13H22N2O3/c1-3-10(2)14-12(18)15-13(9-11(16)17)7-5-4-6-8-13/h3,10H,1,4-9H2,2H3,(H,16,17)(H2,14,15,18). The van der Waals surface area contributed by atoms with Gasteiger partial charge in [0.2, 0.25) is 0 Å². The Balaban J connectivity index is 2.63. The van der Waals surface area contributed by atoms with E-state index in [0.29, 0.717) is 0 Å².